The van der Waals surface area contributed by atoms with Crippen LogP contribution in [0.1, 0.15) is 33.7 Å². The number of hydrogen-bond donors (Lipinski definition) is 2. The minimum absolute atomic E-state index is 0.111. The predicted molar refractivity (Wildman–Crippen MR) is 115 cm³/mol. The van der Waals surface area contributed by atoms with Gasteiger partial charge in [-0.3, -0.25) is 4.79 Å². The Bertz CT molecular complexity index is 1000. The molecule has 0 spiro atoms. The summed E-state index contributed by atoms with van der Waals surface area (Å²) < 4.78 is 5.23. The van der Waals surface area contributed by atoms with E-state index in [1.807, 2.05) is 36.4 Å². The molecule has 1 aliphatic rings. The number of urea groups is 1. The largest absolute Gasteiger partial charge is 0.459 e. The van der Waals surface area contributed by atoms with Crippen molar-refractivity contribution in [2.45, 2.75) is 25.8 Å². The fourth-order valence-electron chi connectivity index (χ4n) is 3.68. The number of nitrogens with one attached hydrogen (secondary N) is 2. The van der Waals surface area contributed by atoms with E-state index in [-0.39, 0.29) is 11.9 Å². The molecule has 2 aromatic carbocycles. The van der Waals surface area contributed by atoms with Crippen molar-refractivity contribution < 1.29 is 14.0 Å². The Morgan fingerprint density at radius 2 is 1.87 bits per heavy atom. The Labute approximate surface area is 175 Å². The standard InChI is InChI=1S/C24H25N3O3/c28-23(22-9-5-15-30-22)27-14-12-19-10-11-21(16-20(19)17-27)26-24(29)25-13-4-8-18-6-2-1-3-7-18/h1-3,5-7,9-11,15-16H,4,8,12-14,17H2,(H2,25,26,29). The molecule has 0 saturated heterocycles. The minimum atomic E-state index is -0.220. The average molecular weight is 403 g/mol. The number of nitrogens with zero attached hydrogens (tertiary/aromatic N) is 1. The Morgan fingerprint density at radius 1 is 1.00 bits per heavy atom. The molecule has 3 aromatic rings. The highest BCUT2D eigenvalue weighted by molar-refractivity contribution is 5.92. The molecule has 0 bridgehead atoms. The maximum atomic E-state index is 12.5. The van der Waals surface area contributed by atoms with Gasteiger partial charge in [0.05, 0.1) is 6.26 Å². The van der Waals surface area contributed by atoms with Gasteiger partial charge in [0.2, 0.25) is 0 Å². The van der Waals surface area contributed by atoms with E-state index in [1.165, 1.54) is 17.4 Å². The molecule has 0 saturated carbocycles. The first-order valence-electron chi connectivity index (χ1n) is 10.2. The summed E-state index contributed by atoms with van der Waals surface area (Å²) in [5, 5.41) is 5.79. The third kappa shape index (κ3) is 4.89. The number of aryl methyl sites for hydroxylation is 1. The first-order valence-corrected chi connectivity index (χ1v) is 10.2. The number of benzene rings is 2. The van der Waals surface area contributed by atoms with Gasteiger partial charge in [-0.2, -0.15) is 0 Å². The zero-order valence-corrected chi connectivity index (χ0v) is 16.8. The highest BCUT2D eigenvalue weighted by Crippen LogP contribution is 2.24. The Morgan fingerprint density at radius 3 is 2.67 bits per heavy atom. The molecule has 6 heteroatoms. The van der Waals surface area contributed by atoms with Gasteiger partial charge in [0.15, 0.2) is 5.76 Å². The summed E-state index contributed by atoms with van der Waals surface area (Å²) in [7, 11) is 0. The van der Waals surface area contributed by atoms with E-state index in [4.69, 9.17) is 4.42 Å². The molecule has 2 N–H and O–H groups in total. The fraction of sp³-hybridized carbons (Fsp3) is 0.250. The molecule has 30 heavy (non-hydrogen) atoms. The number of rotatable bonds is 6. The Kier molecular flexibility index (Phi) is 6.13. The lowest BCUT2D eigenvalue weighted by Gasteiger charge is -2.28. The van der Waals surface area contributed by atoms with Crippen molar-refractivity contribution in [1.82, 2.24) is 10.2 Å². The van der Waals surface area contributed by atoms with Crippen molar-refractivity contribution in [2.75, 3.05) is 18.4 Å². The highest BCUT2D eigenvalue weighted by atomic mass is 16.3. The SMILES string of the molecule is O=C(NCCCc1ccccc1)Nc1ccc2c(c1)CN(C(=O)c1ccco1)CC2. The molecule has 0 atom stereocenters. The van der Waals surface area contributed by atoms with E-state index < -0.39 is 0 Å². The smallest absolute Gasteiger partial charge is 0.319 e. The maximum Gasteiger partial charge on any atom is 0.319 e. The molecule has 0 fully saturated rings. The van der Waals surface area contributed by atoms with Crippen LogP contribution in [-0.4, -0.2) is 29.9 Å². The van der Waals surface area contributed by atoms with Crippen molar-refractivity contribution in [3.05, 3.63) is 89.4 Å². The second-order valence-electron chi connectivity index (χ2n) is 7.41. The van der Waals surface area contributed by atoms with Gasteiger partial charge >= 0.3 is 6.03 Å². The van der Waals surface area contributed by atoms with E-state index in [1.54, 1.807) is 17.0 Å². The Balaban J connectivity index is 1.29. The maximum absolute atomic E-state index is 12.5. The van der Waals surface area contributed by atoms with Gasteiger partial charge in [-0.05, 0) is 60.2 Å². The Hall–Kier alpha value is -3.54. The molecule has 0 unspecified atom stereocenters. The van der Waals surface area contributed by atoms with E-state index in [2.05, 4.69) is 22.8 Å². The molecular weight excluding hydrogens is 378 g/mol. The zero-order chi connectivity index (χ0) is 20.8. The molecule has 1 aromatic heterocycles. The minimum Gasteiger partial charge on any atom is -0.459 e. The van der Waals surface area contributed by atoms with Gasteiger partial charge in [0, 0.05) is 25.3 Å². The molecule has 1 aliphatic heterocycles. The lowest BCUT2D eigenvalue weighted by molar-refractivity contribution is 0.0702. The van der Waals surface area contributed by atoms with Crippen molar-refractivity contribution in [3.8, 4) is 0 Å². The second-order valence-corrected chi connectivity index (χ2v) is 7.41. The van der Waals surface area contributed by atoms with Gasteiger partial charge < -0.3 is 20.0 Å². The fourth-order valence-corrected chi connectivity index (χ4v) is 3.68. The predicted octanol–water partition coefficient (Wildman–Crippen LogP) is 4.23. The van der Waals surface area contributed by atoms with Crippen LogP contribution in [0.3, 0.4) is 0 Å². The normalized spacial score (nSPS) is 12.9. The van der Waals surface area contributed by atoms with E-state index >= 15 is 0 Å². The van der Waals surface area contributed by atoms with Crippen molar-refractivity contribution >= 4 is 17.6 Å². The first-order chi connectivity index (χ1) is 14.7. The van der Waals surface area contributed by atoms with E-state index in [0.29, 0.717) is 25.4 Å². The third-order valence-electron chi connectivity index (χ3n) is 5.27. The lowest BCUT2D eigenvalue weighted by Crippen LogP contribution is -2.36. The van der Waals surface area contributed by atoms with Crippen LogP contribution in [0.5, 0.6) is 0 Å². The van der Waals surface area contributed by atoms with Gasteiger partial charge in [0.1, 0.15) is 0 Å². The molecular formula is C24H25N3O3. The van der Waals surface area contributed by atoms with E-state index in [9.17, 15) is 9.59 Å². The molecule has 6 nitrogen and oxygen atoms in total. The number of hydrogen-bond acceptors (Lipinski definition) is 3. The first kappa shape index (κ1) is 19.8. The summed E-state index contributed by atoms with van der Waals surface area (Å²) in [5.41, 5.74) is 4.24. The summed E-state index contributed by atoms with van der Waals surface area (Å²) in [5.74, 6) is 0.239. The second kappa shape index (κ2) is 9.31. The van der Waals surface area contributed by atoms with Crippen LogP contribution in [0.4, 0.5) is 10.5 Å². The van der Waals surface area contributed by atoms with Crippen LogP contribution in [0, 0.1) is 0 Å². The van der Waals surface area contributed by atoms with Crippen LogP contribution in [0.2, 0.25) is 0 Å². The number of amides is 3. The number of fused-ring (bicyclic) bond motifs is 1. The lowest BCUT2D eigenvalue weighted by atomic mass is 9.99. The molecule has 154 valence electrons. The van der Waals surface area contributed by atoms with Gasteiger partial charge in [-0.15, -0.1) is 0 Å². The molecule has 0 aliphatic carbocycles. The summed E-state index contributed by atoms with van der Waals surface area (Å²) in [6, 6.07) is 19.3. The van der Waals surface area contributed by atoms with Crippen molar-refractivity contribution in [3.63, 3.8) is 0 Å². The van der Waals surface area contributed by atoms with Crippen LogP contribution in [0.15, 0.2) is 71.3 Å². The summed E-state index contributed by atoms with van der Waals surface area (Å²) in [4.78, 5) is 26.5. The van der Waals surface area contributed by atoms with Gasteiger partial charge in [0.25, 0.3) is 5.91 Å². The third-order valence-corrected chi connectivity index (χ3v) is 5.27. The van der Waals surface area contributed by atoms with Crippen LogP contribution in [0.25, 0.3) is 0 Å². The molecule has 0 radical (unpaired) electrons. The summed E-state index contributed by atoms with van der Waals surface area (Å²) in [6.07, 6.45) is 4.10. The van der Waals surface area contributed by atoms with Crippen LogP contribution >= 0.6 is 0 Å². The van der Waals surface area contributed by atoms with Crippen LogP contribution < -0.4 is 10.6 Å². The zero-order valence-electron chi connectivity index (χ0n) is 16.8. The van der Waals surface area contributed by atoms with Gasteiger partial charge in [-0.1, -0.05) is 36.4 Å². The average Bonchev–Trinajstić information content (AvgIpc) is 3.31. The number of anilines is 1. The summed E-state index contributed by atoms with van der Waals surface area (Å²) in [6.45, 7) is 1.77. The quantitative estimate of drug-likeness (QED) is 0.605. The topological polar surface area (TPSA) is 74.6 Å². The summed E-state index contributed by atoms with van der Waals surface area (Å²) >= 11 is 0. The monoisotopic (exact) mass is 403 g/mol. The van der Waals surface area contributed by atoms with Crippen LogP contribution in [-0.2, 0) is 19.4 Å². The van der Waals surface area contributed by atoms with Gasteiger partial charge in [-0.25, -0.2) is 4.79 Å². The number of furan rings is 1. The molecule has 2 heterocycles. The van der Waals surface area contributed by atoms with Crippen molar-refractivity contribution in [1.29, 1.82) is 0 Å². The molecule has 3 amide bonds. The molecule has 4 rings (SSSR count). The van der Waals surface area contributed by atoms with Crippen molar-refractivity contribution in [2.24, 2.45) is 0 Å². The number of carbonyl (C=O) groups is 2. The highest BCUT2D eigenvalue weighted by Gasteiger charge is 2.23. The number of carbonyl (C=O) groups excluding carboxylic acids is 2. The van der Waals surface area contributed by atoms with E-state index in [0.717, 1.165) is 30.5 Å².